The van der Waals surface area contributed by atoms with E-state index < -0.39 is 12.1 Å². The van der Waals surface area contributed by atoms with Gasteiger partial charge in [-0.15, -0.1) is 0 Å². The van der Waals surface area contributed by atoms with Crippen molar-refractivity contribution in [3.8, 4) is 0 Å². The first-order valence-corrected chi connectivity index (χ1v) is 3.56. The average molecular weight is 191 g/mol. The van der Waals surface area contributed by atoms with Gasteiger partial charge >= 0.3 is 6.18 Å². The van der Waals surface area contributed by atoms with E-state index in [1.165, 1.54) is 12.3 Å². The van der Waals surface area contributed by atoms with Gasteiger partial charge in [0.1, 0.15) is 17.6 Å². The van der Waals surface area contributed by atoms with Crippen molar-refractivity contribution in [3.63, 3.8) is 0 Å². The van der Waals surface area contributed by atoms with Crippen LogP contribution in [0.5, 0.6) is 0 Å². The Labute approximate surface area is 72.8 Å². The third-order valence-electron chi connectivity index (χ3n) is 1.57. The SMILES string of the molecule is C[C@@H](c1nccc(N)n1)C(F)(F)F. The van der Waals surface area contributed by atoms with Crippen LogP contribution in [0.4, 0.5) is 19.0 Å². The van der Waals surface area contributed by atoms with Crippen LogP contribution >= 0.6 is 0 Å². The lowest BCUT2D eigenvalue weighted by atomic mass is 10.1. The van der Waals surface area contributed by atoms with Gasteiger partial charge in [-0.2, -0.15) is 13.2 Å². The maximum absolute atomic E-state index is 12.1. The fourth-order valence-corrected chi connectivity index (χ4v) is 0.743. The minimum Gasteiger partial charge on any atom is -0.384 e. The fraction of sp³-hybridized carbons (Fsp3) is 0.429. The minimum atomic E-state index is -4.33. The van der Waals surface area contributed by atoms with Crippen LogP contribution in [0.1, 0.15) is 18.7 Å². The number of nitrogen functional groups attached to an aromatic ring is 1. The van der Waals surface area contributed by atoms with E-state index in [-0.39, 0.29) is 11.6 Å². The lowest BCUT2D eigenvalue weighted by Crippen LogP contribution is -2.20. The van der Waals surface area contributed by atoms with Crippen LogP contribution in [0.2, 0.25) is 0 Å². The molecule has 0 saturated carbocycles. The number of hydrogen-bond donors (Lipinski definition) is 1. The molecule has 0 radical (unpaired) electrons. The topological polar surface area (TPSA) is 51.8 Å². The van der Waals surface area contributed by atoms with Crippen molar-refractivity contribution in [1.29, 1.82) is 0 Å². The molecule has 1 heterocycles. The summed E-state index contributed by atoms with van der Waals surface area (Å²) in [6.45, 7) is 0.995. The number of anilines is 1. The number of aromatic nitrogens is 2. The maximum Gasteiger partial charge on any atom is 0.398 e. The molecular weight excluding hydrogens is 183 g/mol. The van der Waals surface area contributed by atoms with Gasteiger partial charge in [-0.25, -0.2) is 9.97 Å². The van der Waals surface area contributed by atoms with Crippen molar-refractivity contribution in [1.82, 2.24) is 9.97 Å². The van der Waals surface area contributed by atoms with Gasteiger partial charge in [0.25, 0.3) is 0 Å². The highest BCUT2D eigenvalue weighted by atomic mass is 19.4. The molecule has 0 bridgehead atoms. The van der Waals surface area contributed by atoms with Crippen molar-refractivity contribution in [2.24, 2.45) is 0 Å². The Morgan fingerprint density at radius 3 is 2.54 bits per heavy atom. The lowest BCUT2D eigenvalue weighted by molar-refractivity contribution is -0.147. The summed E-state index contributed by atoms with van der Waals surface area (Å²) in [5.41, 5.74) is 5.22. The Hall–Kier alpha value is -1.33. The second-order valence-electron chi connectivity index (χ2n) is 2.60. The minimum absolute atomic E-state index is 0.0427. The van der Waals surface area contributed by atoms with Gasteiger partial charge in [-0.05, 0) is 13.0 Å². The Kier molecular flexibility index (Phi) is 2.40. The smallest absolute Gasteiger partial charge is 0.384 e. The van der Waals surface area contributed by atoms with E-state index in [2.05, 4.69) is 9.97 Å². The van der Waals surface area contributed by atoms with E-state index in [1.807, 2.05) is 0 Å². The molecule has 1 aromatic heterocycles. The summed E-state index contributed by atoms with van der Waals surface area (Å²) < 4.78 is 36.4. The first kappa shape index (κ1) is 9.76. The van der Waals surface area contributed by atoms with E-state index in [1.54, 1.807) is 0 Å². The average Bonchev–Trinajstić information content (AvgIpc) is 2.01. The molecule has 13 heavy (non-hydrogen) atoms. The molecule has 6 heteroatoms. The van der Waals surface area contributed by atoms with Crippen molar-refractivity contribution in [3.05, 3.63) is 18.1 Å². The molecule has 0 spiro atoms. The summed E-state index contributed by atoms with van der Waals surface area (Å²) in [5, 5.41) is 0. The van der Waals surface area contributed by atoms with Crippen molar-refractivity contribution in [2.45, 2.75) is 19.0 Å². The summed E-state index contributed by atoms with van der Waals surface area (Å²) in [6, 6.07) is 1.34. The molecule has 72 valence electrons. The van der Waals surface area contributed by atoms with Gasteiger partial charge < -0.3 is 5.73 Å². The van der Waals surface area contributed by atoms with Crippen molar-refractivity contribution in [2.75, 3.05) is 5.73 Å². The Morgan fingerprint density at radius 1 is 1.46 bits per heavy atom. The van der Waals surface area contributed by atoms with Crippen LogP contribution in [-0.4, -0.2) is 16.1 Å². The van der Waals surface area contributed by atoms with E-state index >= 15 is 0 Å². The molecule has 1 atom stereocenters. The van der Waals surface area contributed by atoms with Gasteiger partial charge in [0.15, 0.2) is 0 Å². The first-order chi connectivity index (χ1) is 5.91. The number of nitrogens with two attached hydrogens (primary N) is 1. The Bertz CT molecular complexity index is 297. The zero-order chi connectivity index (χ0) is 10.1. The molecule has 0 aliphatic heterocycles. The quantitative estimate of drug-likeness (QED) is 0.735. The summed E-state index contributed by atoms with van der Waals surface area (Å²) in [6.07, 6.45) is -3.12. The van der Waals surface area contributed by atoms with Crippen molar-refractivity contribution < 1.29 is 13.2 Å². The van der Waals surface area contributed by atoms with E-state index in [9.17, 15) is 13.2 Å². The lowest BCUT2D eigenvalue weighted by Gasteiger charge is -2.13. The highest BCUT2D eigenvalue weighted by Gasteiger charge is 2.38. The number of alkyl halides is 3. The first-order valence-electron chi connectivity index (χ1n) is 3.56. The predicted molar refractivity (Wildman–Crippen MR) is 40.9 cm³/mol. The van der Waals surface area contributed by atoms with Crippen LogP contribution in [0.15, 0.2) is 12.3 Å². The fourth-order valence-electron chi connectivity index (χ4n) is 0.743. The summed E-state index contributed by atoms with van der Waals surface area (Å²) >= 11 is 0. The highest BCUT2D eigenvalue weighted by Crippen LogP contribution is 2.32. The molecule has 2 N–H and O–H groups in total. The predicted octanol–water partition coefficient (Wildman–Crippen LogP) is 1.72. The molecule has 0 saturated heterocycles. The zero-order valence-corrected chi connectivity index (χ0v) is 6.84. The van der Waals surface area contributed by atoms with E-state index in [0.717, 1.165) is 6.92 Å². The number of rotatable bonds is 1. The van der Waals surface area contributed by atoms with Crippen LogP contribution in [0.25, 0.3) is 0 Å². The molecule has 0 amide bonds. The number of hydrogen-bond acceptors (Lipinski definition) is 3. The second-order valence-corrected chi connectivity index (χ2v) is 2.60. The molecule has 3 nitrogen and oxygen atoms in total. The third-order valence-corrected chi connectivity index (χ3v) is 1.57. The van der Waals surface area contributed by atoms with E-state index in [4.69, 9.17) is 5.73 Å². The van der Waals surface area contributed by atoms with Crippen LogP contribution in [0, 0.1) is 0 Å². The van der Waals surface area contributed by atoms with Crippen LogP contribution < -0.4 is 5.73 Å². The summed E-state index contributed by atoms with van der Waals surface area (Å²) in [5.74, 6) is -1.94. The zero-order valence-electron chi connectivity index (χ0n) is 6.84. The molecule has 0 fully saturated rings. The molecule has 0 unspecified atom stereocenters. The Balaban J connectivity index is 2.96. The standard InChI is InChI=1S/C7H8F3N3/c1-4(7(8,9)10)6-12-3-2-5(11)13-6/h2-4H,1H3,(H2,11,12,13)/t4-/m0/s1. The van der Waals surface area contributed by atoms with Crippen LogP contribution in [-0.2, 0) is 0 Å². The van der Waals surface area contributed by atoms with Gasteiger partial charge in [-0.3, -0.25) is 0 Å². The molecule has 0 aliphatic carbocycles. The molecule has 0 aliphatic rings. The maximum atomic E-state index is 12.1. The number of halogens is 3. The van der Waals surface area contributed by atoms with Gasteiger partial charge in [0.05, 0.1) is 0 Å². The molecule has 1 aromatic rings. The van der Waals surface area contributed by atoms with Gasteiger partial charge in [0, 0.05) is 6.20 Å². The highest BCUT2D eigenvalue weighted by molar-refractivity contribution is 5.26. The van der Waals surface area contributed by atoms with Crippen molar-refractivity contribution >= 4 is 5.82 Å². The third kappa shape index (κ3) is 2.30. The Morgan fingerprint density at radius 2 is 2.08 bits per heavy atom. The monoisotopic (exact) mass is 191 g/mol. The summed E-state index contributed by atoms with van der Waals surface area (Å²) in [4.78, 5) is 6.98. The molecule has 0 aromatic carbocycles. The van der Waals surface area contributed by atoms with Gasteiger partial charge in [0.2, 0.25) is 0 Å². The molecule has 1 rings (SSSR count). The largest absolute Gasteiger partial charge is 0.398 e. The second kappa shape index (κ2) is 3.20. The van der Waals surface area contributed by atoms with Crippen LogP contribution in [0.3, 0.4) is 0 Å². The summed E-state index contributed by atoms with van der Waals surface area (Å²) in [7, 11) is 0. The normalized spacial score (nSPS) is 14.2. The van der Waals surface area contributed by atoms with Gasteiger partial charge in [-0.1, -0.05) is 0 Å². The van der Waals surface area contributed by atoms with E-state index in [0.29, 0.717) is 0 Å². The molecular formula is C7H8F3N3. The number of nitrogens with zero attached hydrogens (tertiary/aromatic N) is 2.